The molecule has 0 spiro atoms. The molecule has 2 N–H and O–H groups in total. The van der Waals surface area contributed by atoms with E-state index in [9.17, 15) is 9.59 Å². The van der Waals surface area contributed by atoms with Gasteiger partial charge in [0.1, 0.15) is 10.7 Å². The van der Waals surface area contributed by atoms with E-state index < -0.39 is 5.91 Å². The third-order valence-corrected chi connectivity index (χ3v) is 4.76. The number of benzene rings is 2. The average molecular weight is 351 g/mol. The number of carbonyl (C=O) groups excluding carboxylic acids is 2. The number of rotatable bonds is 4. The minimum atomic E-state index is -0.497. The maximum atomic E-state index is 12.6. The molecule has 3 aromatic rings. The molecule has 0 bridgehead atoms. The van der Waals surface area contributed by atoms with Crippen LogP contribution in [-0.4, -0.2) is 23.8 Å². The van der Waals surface area contributed by atoms with Gasteiger partial charge >= 0.3 is 0 Å². The third kappa shape index (κ3) is 3.59. The fraction of sp³-hybridized carbons (Fsp3) is 0.105. The van der Waals surface area contributed by atoms with Crippen LogP contribution in [0, 0.1) is 6.92 Å². The molecule has 2 amide bonds. The van der Waals surface area contributed by atoms with Gasteiger partial charge in [-0.15, -0.1) is 11.3 Å². The Morgan fingerprint density at radius 2 is 1.68 bits per heavy atom. The predicted molar refractivity (Wildman–Crippen MR) is 100.0 cm³/mol. The van der Waals surface area contributed by atoms with Crippen molar-refractivity contribution in [2.75, 3.05) is 11.9 Å². The Morgan fingerprint density at radius 3 is 2.28 bits per heavy atom. The van der Waals surface area contributed by atoms with E-state index in [1.165, 1.54) is 21.8 Å². The van der Waals surface area contributed by atoms with Crippen molar-refractivity contribution in [3.05, 3.63) is 70.7 Å². The number of nitrogens with two attached hydrogens (primary N) is 1. The molecule has 2 aromatic carbocycles. The zero-order chi connectivity index (χ0) is 18.0. The predicted octanol–water partition coefficient (Wildman–Crippen LogP) is 3.49. The van der Waals surface area contributed by atoms with Crippen molar-refractivity contribution in [3.63, 3.8) is 0 Å². The van der Waals surface area contributed by atoms with E-state index in [1.54, 1.807) is 36.7 Å². The van der Waals surface area contributed by atoms with Crippen LogP contribution in [-0.2, 0) is 0 Å². The number of hydrogen-bond donors (Lipinski definition) is 1. The highest BCUT2D eigenvalue weighted by Crippen LogP contribution is 2.25. The number of hydrogen-bond acceptors (Lipinski definition) is 4. The molecule has 126 valence electrons. The molecule has 3 rings (SSSR count). The second kappa shape index (κ2) is 6.86. The van der Waals surface area contributed by atoms with Crippen LogP contribution >= 0.6 is 11.3 Å². The summed E-state index contributed by atoms with van der Waals surface area (Å²) in [6.07, 6.45) is 0. The molecule has 0 radical (unpaired) electrons. The lowest BCUT2D eigenvalue weighted by molar-refractivity contribution is 0.0986. The highest BCUT2D eigenvalue weighted by atomic mass is 32.1. The van der Waals surface area contributed by atoms with Gasteiger partial charge in [0, 0.05) is 29.2 Å². The smallest absolute Gasteiger partial charge is 0.277 e. The van der Waals surface area contributed by atoms with Crippen LogP contribution in [0.3, 0.4) is 0 Å². The number of aromatic nitrogens is 1. The molecular formula is C19H17N3O2S. The Morgan fingerprint density at radius 1 is 1.04 bits per heavy atom. The number of anilines is 1. The summed E-state index contributed by atoms with van der Waals surface area (Å²) in [5, 5.41) is 2.56. The Kier molecular flexibility index (Phi) is 4.63. The molecule has 6 heteroatoms. The maximum absolute atomic E-state index is 12.6. The van der Waals surface area contributed by atoms with Crippen LogP contribution in [0.5, 0.6) is 0 Å². The molecule has 0 saturated heterocycles. The van der Waals surface area contributed by atoms with Gasteiger partial charge in [0.2, 0.25) is 5.91 Å². The maximum Gasteiger partial charge on any atom is 0.277 e. The van der Waals surface area contributed by atoms with Gasteiger partial charge in [-0.05, 0) is 31.2 Å². The summed E-state index contributed by atoms with van der Waals surface area (Å²) in [5.41, 5.74) is 8.86. The Labute approximate surface area is 149 Å². The van der Waals surface area contributed by atoms with Crippen LogP contribution in [0.15, 0.2) is 53.9 Å². The van der Waals surface area contributed by atoms with Crippen molar-refractivity contribution in [3.8, 4) is 10.6 Å². The van der Waals surface area contributed by atoms with E-state index in [4.69, 9.17) is 5.73 Å². The topological polar surface area (TPSA) is 76.3 Å². The average Bonchev–Trinajstić information content (AvgIpc) is 3.11. The van der Waals surface area contributed by atoms with Gasteiger partial charge in [0.25, 0.3) is 5.91 Å². The first-order valence-corrected chi connectivity index (χ1v) is 8.54. The highest BCUT2D eigenvalue weighted by molar-refractivity contribution is 7.13. The standard InChI is InChI=1S/C19H17N3O2S/c1-12-3-5-14(6-4-12)18-21-16(11-25-18)19(24)22(2)15-9-7-13(8-10-15)17(20)23/h3-11H,1-2H3,(H2,20,23). The third-order valence-electron chi connectivity index (χ3n) is 3.87. The van der Waals surface area contributed by atoms with Crippen LogP contribution in [0.1, 0.15) is 26.4 Å². The Bertz CT molecular complexity index is 915. The minimum absolute atomic E-state index is 0.207. The molecule has 0 aliphatic heterocycles. The number of carbonyl (C=O) groups is 2. The summed E-state index contributed by atoms with van der Waals surface area (Å²) >= 11 is 1.44. The van der Waals surface area contributed by atoms with E-state index in [2.05, 4.69) is 4.98 Å². The Balaban J connectivity index is 1.80. The summed E-state index contributed by atoms with van der Waals surface area (Å²) in [5.74, 6) is -0.704. The van der Waals surface area contributed by atoms with Crippen molar-refractivity contribution in [2.24, 2.45) is 5.73 Å². The molecular weight excluding hydrogens is 334 g/mol. The van der Waals surface area contributed by atoms with Gasteiger partial charge in [-0.3, -0.25) is 9.59 Å². The molecule has 0 fully saturated rings. The first-order chi connectivity index (χ1) is 12.0. The number of primary amides is 1. The lowest BCUT2D eigenvalue weighted by Gasteiger charge is -2.16. The quantitative estimate of drug-likeness (QED) is 0.781. The van der Waals surface area contributed by atoms with Crippen LogP contribution in [0.2, 0.25) is 0 Å². The second-order valence-electron chi connectivity index (χ2n) is 5.68. The SMILES string of the molecule is Cc1ccc(-c2nc(C(=O)N(C)c3ccc(C(N)=O)cc3)cs2)cc1. The molecule has 1 heterocycles. The van der Waals surface area contributed by atoms with E-state index >= 15 is 0 Å². The molecule has 0 atom stereocenters. The number of amides is 2. The van der Waals surface area contributed by atoms with Crippen molar-refractivity contribution >= 4 is 28.8 Å². The van der Waals surface area contributed by atoms with Gasteiger partial charge in [-0.1, -0.05) is 29.8 Å². The first-order valence-electron chi connectivity index (χ1n) is 7.66. The summed E-state index contributed by atoms with van der Waals surface area (Å²) in [6, 6.07) is 14.6. The summed E-state index contributed by atoms with van der Waals surface area (Å²) in [4.78, 5) is 29.7. The van der Waals surface area contributed by atoms with Crippen molar-refractivity contribution in [1.82, 2.24) is 4.98 Å². The molecule has 1 aromatic heterocycles. The number of thiazole rings is 1. The van der Waals surface area contributed by atoms with Gasteiger partial charge in [0.15, 0.2) is 0 Å². The summed E-state index contributed by atoms with van der Waals surface area (Å²) in [6.45, 7) is 2.03. The van der Waals surface area contributed by atoms with Crippen molar-refractivity contribution < 1.29 is 9.59 Å². The van der Waals surface area contributed by atoms with E-state index in [0.29, 0.717) is 16.9 Å². The molecule has 0 aliphatic rings. The van der Waals surface area contributed by atoms with E-state index in [-0.39, 0.29) is 5.91 Å². The molecule has 25 heavy (non-hydrogen) atoms. The Hall–Kier alpha value is -2.99. The zero-order valence-electron chi connectivity index (χ0n) is 13.9. The minimum Gasteiger partial charge on any atom is -0.366 e. The van der Waals surface area contributed by atoms with Crippen molar-refractivity contribution in [2.45, 2.75) is 6.92 Å². The molecule has 0 aliphatic carbocycles. The largest absolute Gasteiger partial charge is 0.366 e. The second-order valence-corrected chi connectivity index (χ2v) is 6.54. The summed E-state index contributed by atoms with van der Waals surface area (Å²) in [7, 11) is 1.67. The molecule has 0 unspecified atom stereocenters. The lowest BCUT2D eigenvalue weighted by atomic mass is 10.2. The molecule has 0 saturated carbocycles. The van der Waals surface area contributed by atoms with Gasteiger partial charge in [-0.25, -0.2) is 4.98 Å². The lowest BCUT2D eigenvalue weighted by Crippen LogP contribution is -2.26. The van der Waals surface area contributed by atoms with Gasteiger partial charge in [-0.2, -0.15) is 0 Å². The highest BCUT2D eigenvalue weighted by Gasteiger charge is 2.17. The monoisotopic (exact) mass is 351 g/mol. The van der Waals surface area contributed by atoms with Gasteiger partial charge < -0.3 is 10.6 Å². The number of aryl methyl sites for hydroxylation is 1. The van der Waals surface area contributed by atoms with Crippen LogP contribution in [0.25, 0.3) is 10.6 Å². The number of nitrogens with zero attached hydrogens (tertiary/aromatic N) is 2. The van der Waals surface area contributed by atoms with E-state index in [1.807, 2.05) is 31.2 Å². The zero-order valence-corrected chi connectivity index (χ0v) is 14.7. The van der Waals surface area contributed by atoms with Crippen molar-refractivity contribution in [1.29, 1.82) is 0 Å². The van der Waals surface area contributed by atoms with Crippen LogP contribution < -0.4 is 10.6 Å². The fourth-order valence-corrected chi connectivity index (χ4v) is 3.14. The fourth-order valence-electron chi connectivity index (χ4n) is 2.34. The van der Waals surface area contributed by atoms with Crippen LogP contribution in [0.4, 0.5) is 5.69 Å². The van der Waals surface area contributed by atoms with E-state index in [0.717, 1.165) is 10.6 Å². The first kappa shape index (κ1) is 16.9. The van der Waals surface area contributed by atoms with Gasteiger partial charge in [0.05, 0.1) is 0 Å². The summed E-state index contributed by atoms with van der Waals surface area (Å²) < 4.78 is 0. The normalized spacial score (nSPS) is 10.5. The molecule has 5 nitrogen and oxygen atoms in total.